The van der Waals surface area contributed by atoms with Gasteiger partial charge < -0.3 is 5.32 Å². The summed E-state index contributed by atoms with van der Waals surface area (Å²) in [6.07, 6.45) is 0. The minimum absolute atomic E-state index is 0.141. The molecule has 3 aromatic rings. The van der Waals surface area contributed by atoms with Crippen LogP contribution < -0.4 is 10.0 Å². The van der Waals surface area contributed by atoms with Crippen LogP contribution in [0.4, 0.5) is 15.8 Å². The molecule has 0 bridgehead atoms. The first-order chi connectivity index (χ1) is 13.2. The predicted molar refractivity (Wildman–Crippen MR) is 116 cm³/mol. The zero-order valence-corrected chi connectivity index (χ0v) is 17.8. The zero-order chi connectivity index (χ0) is 20.3. The van der Waals surface area contributed by atoms with Crippen LogP contribution in [-0.2, 0) is 10.0 Å². The Morgan fingerprint density at radius 1 is 1.00 bits per heavy atom. The number of rotatable bonds is 5. The van der Waals surface area contributed by atoms with Gasteiger partial charge in [0, 0.05) is 19.8 Å². The number of amides is 1. The van der Waals surface area contributed by atoms with Crippen LogP contribution in [0.3, 0.4) is 0 Å². The van der Waals surface area contributed by atoms with Crippen LogP contribution in [0.15, 0.2) is 71.6 Å². The number of anilines is 2. The molecule has 0 fully saturated rings. The van der Waals surface area contributed by atoms with Crippen LogP contribution in [0.1, 0.15) is 10.4 Å². The summed E-state index contributed by atoms with van der Waals surface area (Å²) in [6.45, 7) is 0. The topological polar surface area (TPSA) is 75.3 Å². The summed E-state index contributed by atoms with van der Waals surface area (Å²) >= 11 is 7.94. The fraction of sp³-hybridized carbons (Fsp3) is 0. The van der Waals surface area contributed by atoms with Gasteiger partial charge >= 0.3 is 0 Å². The van der Waals surface area contributed by atoms with E-state index in [2.05, 4.69) is 32.6 Å². The predicted octanol–water partition coefficient (Wildman–Crippen LogP) is 5.14. The van der Waals surface area contributed by atoms with E-state index in [1.165, 1.54) is 24.3 Å². The van der Waals surface area contributed by atoms with Gasteiger partial charge in [-0.15, -0.1) is 0 Å². The third kappa shape index (κ3) is 5.00. The lowest BCUT2D eigenvalue weighted by molar-refractivity contribution is 0.102. The van der Waals surface area contributed by atoms with E-state index in [0.717, 1.165) is 9.64 Å². The Bertz CT molecular complexity index is 1140. The molecule has 9 heteroatoms. The minimum atomic E-state index is -3.97. The van der Waals surface area contributed by atoms with Gasteiger partial charge in [-0.25, -0.2) is 12.8 Å². The summed E-state index contributed by atoms with van der Waals surface area (Å²) in [5.41, 5.74) is 0.473. The van der Waals surface area contributed by atoms with Crippen molar-refractivity contribution >= 4 is 61.5 Å². The first kappa shape index (κ1) is 20.6. The van der Waals surface area contributed by atoms with E-state index in [4.69, 9.17) is 11.6 Å². The first-order valence-electron chi connectivity index (χ1n) is 7.89. The average molecular weight is 531 g/mol. The Morgan fingerprint density at radius 2 is 1.71 bits per heavy atom. The molecule has 0 saturated carbocycles. The molecule has 1 amide bonds. The van der Waals surface area contributed by atoms with Gasteiger partial charge in [0.2, 0.25) is 0 Å². The fourth-order valence-corrected chi connectivity index (χ4v) is 3.94. The summed E-state index contributed by atoms with van der Waals surface area (Å²) in [6, 6.07) is 16.1. The van der Waals surface area contributed by atoms with Gasteiger partial charge in [-0.05, 0) is 83.3 Å². The molecule has 0 aliphatic carbocycles. The largest absolute Gasteiger partial charge is 0.319 e. The van der Waals surface area contributed by atoms with Gasteiger partial charge in [0.15, 0.2) is 0 Å². The lowest BCUT2D eigenvalue weighted by Crippen LogP contribution is -2.15. The molecule has 0 heterocycles. The Kier molecular flexibility index (Phi) is 6.21. The van der Waals surface area contributed by atoms with Crippen molar-refractivity contribution in [3.63, 3.8) is 0 Å². The van der Waals surface area contributed by atoms with E-state index < -0.39 is 21.7 Å². The third-order valence-electron chi connectivity index (χ3n) is 3.68. The highest BCUT2D eigenvalue weighted by Crippen LogP contribution is 2.23. The Balaban J connectivity index is 1.79. The second-order valence-electron chi connectivity index (χ2n) is 5.72. The average Bonchev–Trinajstić information content (AvgIpc) is 2.65. The van der Waals surface area contributed by atoms with Crippen LogP contribution in [0.25, 0.3) is 0 Å². The number of benzene rings is 3. The Labute approximate surface area is 180 Å². The number of carbonyl (C=O) groups excluding carboxylic acids is 1. The highest BCUT2D eigenvalue weighted by atomic mass is 127. The molecule has 0 aliphatic rings. The minimum Gasteiger partial charge on any atom is -0.319 e. The lowest BCUT2D eigenvalue weighted by atomic mass is 10.2. The number of nitrogens with one attached hydrogen (secondary N) is 2. The molecule has 3 rings (SSSR count). The van der Waals surface area contributed by atoms with Crippen molar-refractivity contribution < 1.29 is 17.6 Å². The Morgan fingerprint density at radius 3 is 2.36 bits per heavy atom. The summed E-state index contributed by atoms with van der Waals surface area (Å²) in [5.74, 6) is -1.44. The number of sulfonamides is 1. The maximum atomic E-state index is 14.4. The molecule has 0 atom stereocenters. The number of hydrogen-bond acceptors (Lipinski definition) is 3. The van der Waals surface area contributed by atoms with Crippen LogP contribution in [0.5, 0.6) is 0 Å². The van der Waals surface area contributed by atoms with Gasteiger partial charge in [-0.1, -0.05) is 17.7 Å². The normalized spacial score (nSPS) is 11.1. The van der Waals surface area contributed by atoms with Gasteiger partial charge in [0.05, 0.1) is 10.6 Å². The molecule has 0 spiro atoms. The number of halogens is 3. The summed E-state index contributed by atoms with van der Waals surface area (Å²) in [5, 5.41) is 2.77. The van der Waals surface area contributed by atoms with Gasteiger partial charge in [0.1, 0.15) is 5.82 Å². The molecule has 5 nitrogen and oxygen atoms in total. The maximum absolute atomic E-state index is 14.4. The van der Waals surface area contributed by atoms with Crippen molar-refractivity contribution in [3.05, 3.63) is 86.7 Å². The smallest absolute Gasteiger partial charge is 0.261 e. The van der Waals surface area contributed by atoms with Gasteiger partial charge in [0.25, 0.3) is 15.9 Å². The second-order valence-corrected chi connectivity index (χ2v) is 9.08. The summed E-state index contributed by atoms with van der Waals surface area (Å²) in [4.78, 5) is 11.9. The van der Waals surface area contributed by atoms with E-state index in [9.17, 15) is 17.6 Å². The van der Waals surface area contributed by atoms with Crippen molar-refractivity contribution in [3.8, 4) is 0 Å². The quantitative estimate of drug-likeness (QED) is 0.449. The van der Waals surface area contributed by atoms with Crippen molar-refractivity contribution in [2.45, 2.75) is 4.90 Å². The molecule has 144 valence electrons. The second kappa shape index (κ2) is 8.46. The molecular weight excluding hydrogens is 518 g/mol. The monoisotopic (exact) mass is 530 g/mol. The number of hydrogen-bond donors (Lipinski definition) is 2. The summed E-state index contributed by atoms with van der Waals surface area (Å²) < 4.78 is 42.6. The highest BCUT2D eigenvalue weighted by molar-refractivity contribution is 14.1. The molecule has 0 unspecified atom stereocenters. The molecule has 0 radical (unpaired) electrons. The Hall–Kier alpha value is -2.17. The molecule has 0 aliphatic heterocycles. The van der Waals surface area contributed by atoms with Gasteiger partial charge in [-0.2, -0.15) is 0 Å². The molecule has 0 aromatic heterocycles. The lowest BCUT2D eigenvalue weighted by Gasteiger charge is -2.11. The zero-order valence-electron chi connectivity index (χ0n) is 14.1. The van der Waals surface area contributed by atoms with Crippen LogP contribution >= 0.6 is 34.2 Å². The van der Waals surface area contributed by atoms with Crippen molar-refractivity contribution in [2.24, 2.45) is 0 Å². The van der Waals surface area contributed by atoms with Crippen LogP contribution in [-0.4, -0.2) is 14.3 Å². The van der Waals surface area contributed by atoms with Crippen molar-refractivity contribution in [1.82, 2.24) is 0 Å². The highest BCUT2D eigenvalue weighted by Gasteiger charge is 2.18. The molecule has 2 N–H and O–H groups in total. The standard InChI is InChI=1S/C19H13ClFIN2O3S/c20-13-3-1-2-12(10-13)19(25)23-18-9-8-16(11-17(18)21)28(26,27)24-15-6-4-14(22)5-7-15/h1-11,24H,(H,23,25). The third-order valence-corrected chi connectivity index (χ3v) is 6.02. The van der Waals surface area contributed by atoms with Gasteiger partial charge in [-0.3, -0.25) is 9.52 Å². The molecule has 28 heavy (non-hydrogen) atoms. The van der Waals surface area contributed by atoms with Crippen LogP contribution in [0, 0.1) is 9.39 Å². The van der Waals surface area contributed by atoms with Crippen molar-refractivity contribution in [1.29, 1.82) is 0 Å². The fourth-order valence-electron chi connectivity index (χ4n) is 2.32. The van der Waals surface area contributed by atoms with E-state index in [-0.39, 0.29) is 16.1 Å². The SMILES string of the molecule is O=C(Nc1ccc(S(=O)(=O)Nc2ccc(I)cc2)cc1F)c1cccc(Cl)c1. The van der Waals surface area contributed by atoms with Crippen molar-refractivity contribution in [2.75, 3.05) is 10.0 Å². The van der Waals surface area contributed by atoms with E-state index in [1.54, 1.807) is 36.4 Å². The molecular formula is C19H13ClFIN2O3S. The van der Waals surface area contributed by atoms with E-state index in [1.807, 2.05) is 0 Å². The summed E-state index contributed by atoms with van der Waals surface area (Å²) in [7, 11) is -3.97. The first-order valence-corrected chi connectivity index (χ1v) is 10.8. The molecule has 3 aromatic carbocycles. The number of carbonyl (C=O) groups is 1. The van der Waals surface area contributed by atoms with E-state index in [0.29, 0.717) is 10.7 Å². The molecule has 0 saturated heterocycles. The maximum Gasteiger partial charge on any atom is 0.261 e. The van der Waals surface area contributed by atoms with E-state index >= 15 is 0 Å². The van der Waals surface area contributed by atoms with Crippen LogP contribution in [0.2, 0.25) is 5.02 Å².